The smallest absolute Gasteiger partial charge is 0.307 e. The number of thioether (sulfide) groups is 1. The summed E-state index contributed by atoms with van der Waals surface area (Å²) in [6, 6.07) is 15.2. The number of ether oxygens (including phenoxy) is 1. The molecule has 0 bridgehead atoms. The fraction of sp³-hybridized carbons (Fsp3) is 0.318. The minimum atomic E-state index is -0.577. The van der Waals surface area contributed by atoms with E-state index in [0.717, 1.165) is 22.6 Å². The molecule has 0 saturated heterocycles. The van der Waals surface area contributed by atoms with Crippen LogP contribution in [0.4, 0.5) is 5.69 Å². The van der Waals surface area contributed by atoms with Crippen LogP contribution in [0.5, 0.6) is 0 Å². The number of aryl methyl sites for hydroxylation is 1. The molecule has 0 fully saturated rings. The monoisotopic (exact) mass is 412 g/mol. The largest absolute Gasteiger partial charge is 0.456 e. The molecule has 2 aromatic carbocycles. The van der Waals surface area contributed by atoms with Crippen LogP contribution in [-0.4, -0.2) is 29.6 Å². The Morgan fingerprint density at radius 3 is 2.62 bits per heavy atom. The van der Waals surface area contributed by atoms with Crippen molar-refractivity contribution < 1.29 is 19.1 Å². The first-order valence-corrected chi connectivity index (χ1v) is 10.4. The molecule has 0 spiro atoms. The number of fused-ring (bicyclic) bond motifs is 1. The van der Waals surface area contributed by atoms with Crippen LogP contribution >= 0.6 is 11.8 Å². The Kier molecular flexibility index (Phi) is 6.93. The zero-order valence-corrected chi connectivity index (χ0v) is 17.3. The highest BCUT2D eigenvalue weighted by atomic mass is 32.2. The summed E-state index contributed by atoms with van der Waals surface area (Å²) < 4.78 is 5.07. The van der Waals surface area contributed by atoms with Crippen LogP contribution in [0.25, 0.3) is 0 Å². The maximum Gasteiger partial charge on any atom is 0.307 e. The second-order valence-electron chi connectivity index (χ2n) is 6.84. The SMILES string of the molecule is CCc1ccc([C@H](C)NC(=O)COC(=O)C[C@H]2Sc3ccccc3NC2=O)cc1. The second-order valence-corrected chi connectivity index (χ2v) is 8.09. The molecule has 0 radical (unpaired) electrons. The molecule has 1 aliphatic heterocycles. The number of hydrogen-bond acceptors (Lipinski definition) is 5. The standard InChI is InChI=1S/C22H24N2O4S/c1-3-15-8-10-16(11-9-15)14(2)23-20(25)13-28-21(26)12-19-22(27)24-17-6-4-5-7-18(17)29-19/h4-11,14,19H,3,12-13H2,1-2H3,(H,23,25)(H,24,27)/t14-,19+/m0/s1. The van der Waals surface area contributed by atoms with Gasteiger partial charge >= 0.3 is 5.97 Å². The highest BCUT2D eigenvalue weighted by molar-refractivity contribution is 8.01. The third kappa shape index (κ3) is 5.60. The van der Waals surface area contributed by atoms with Crippen LogP contribution in [0.2, 0.25) is 0 Å². The van der Waals surface area contributed by atoms with Gasteiger partial charge < -0.3 is 15.4 Å². The quantitative estimate of drug-likeness (QED) is 0.680. The number of para-hydroxylation sites is 1. The summed E-state index contributed by atoms with van der Waals surface area (Å²) in [4.78, 5) is 37.3. The zero-order chi connectivity index (χ0) is 20.8. The third-order valence-electron chi connectivity index (χ3n) is 4.69. The van der Waals surface area contributed by atoms with Gasteiger partial charge in [0.25, 0.3) is 5.91 Å². The normalized spacial score (nSPS) is 16.3. The van der Waals surface area contributed by atoms with Crippen molar-refractivity contribution >= 4 is 35.2 Å². The van der Waals surface area contributed by atoms with E-state index < -0.39 is 11.2 Å². The van der Waals surface area contributed by atoms with Crippen molar-refractivity contribution in [1.29, 1.82) is 0 Å². The van der Waals surface area contributed by atoms with Gasteiger partial charge in [0.2, 0.25) is 5.91 Å². The molecule has 2 aromatic rings. The van der Waals surface area contributed by atoms with Crippen molar-refractivity contribution in [2.45, 2.75) is 42.9 Å². The second kappa shape index (κ2) is 9.60. The third-order valence-corrected chi connectivity index (χ3v) is 5.96. The van der Waals surface area contributed by atoms with Crippen LogP contribution in [0.1, 0.15) is 37.4 Å². The number of carbonyl (C=O) groups excluding carboxylic acids is 3. The zero-order valence-electron chi connectivity index (χ0n) is 16.4. The lowest BCUT2D eigenvalue weighted by atomic mass is 10.1. The van der Waals surface area contributed by atoms with Crippen molar-refractivity contribution in [1.82, 2.24) is 5.32 Å². The summed E-state index contributed by atoms with van der Waals surface area (Å²) in [5, 5.41) is 5.03. The Morgan fingerprint density at radius 2 is 1.90 bits per heavy atom. The van der Waals surface area contributed by atoms with Crippen molar-refractivity contribution in [3.05, 3.63) is 59.7 Å². The van der Waals surface area contributed by atoms with Gasteiger partial charge in [-0.2, -0.15) is 0 Å². The average molecular weight is 413 g/mol. The van der Waals surface area contributed by atoms with Crippen LogP contribution < -0.4 is 10.6 Å². The molecular weight excluding hydrogens is 388 g/mol. The number of carbonyl (C=O) groups is 3. The number of benzene rings is 2. The van der Waals surface area contributed by atoms with E-state index in [1.807, 2.05) is 55.5 Å². The number of hydrogen-bond donors (Lipinski definition) is 2. The van der Waals surface area contributed by atoms with E-state index in [1.54, 1.807) is 0 Å². The van der Waals surface area contributed by atoms with Gasteiger partial charge in [0, 0.05) is 4.90 Å². The number of amides is 2. The molecule has 0 unspecified atom stereocenters. The van der Waals surface area contributed by atoms with Crippen LogP contribution in [0, 0.1) is 0 Å². The van der Waals surface area contributed by atoms with Gasteiger partial charge in [-0.15, -0.1) is 11.8 Å². The van der Waals surface area contributed by atoms with Gasteiger partial charge in [0.1, 0.15) is 0 Å². The summed E-state index contributed by atoms with van der Waals surface area (Å²) in [7, 11) is 0. The van der Waals surface area contributed by atoms with Gasteiger partial charge in [0.15, 0.2) is 6.61 Å². The van der Waals surface area contributed by atoms with Crippen molar-refractivity contribution in [3.8, 4) is 0 Å². The van der Waals surface area contributed by atoms with Gasteiger partial charge in [-0.1, -0.05) is 43.3 Å². The highest BCUT2D eigenvalue weighted by Gasteiger charge is 2.29. The van der Waals surface area contributed by atoms with Crippen LogP contribution in [0.3, 0.4) is 0 Å². The van der Waals surface area contributed by atoms with Crippen molar-refractivity contribution in [3.63, 3.8) is 0 Å². The van der Waals surface area contributed by atoms with Crippen molar-refractivity contribution in [2.24, 2.45) is 0 Å². The first-order valence-electron chi connectivity index (χ1n) is 9.56. The lowest BCUT2D eigenvalue weighted by Crippen LogP contribution is -2.34. The lowest BCUT2D eigenvalue weighted by Gasteiger charge is -2.23. The summed E-state index contributed by atoms with van der Waals surface area (Å²) in [5.74, 6) is -1.19. The van der Waals surface area contributed by atoms with Gasteiger partial charge in [0.05, 0.1) is 23.4 Å². The molecule has 0 aromatic heterocycles. The molecule has 0 aliphatic carbocycles. The Balaban J connectivity index is 1.45. The number of anilines is 1. The molecule has 1 aliphatic rings. The van der Waals surface area contributed by atoms with E-state index >= 15 is 0 Å². The number of esters is 1. The number of nitrogens with one attached hydrogen (secondary N) is 2. The molecule has 3 rings (SSSR count). The summed E-state index contributed by atoms with van der Waals surface area (Å²) in [6.07, 6.45) is 0.867. The van der Waals surface area contributed by atoms with E-state index in [-0.39, 0.29) is 30.9 Å². The average Bonchev–Trinajstić information content (AvgIpc) is 2.73. The topological polar surface area (TPSA) is 84.5 Å². The predicted molar refractivity (Wildman–Crippen MR) is 113 cm³/mol. The Hall–Kier alpha value is -2.80. The maximum absolute atomic E-state index is 12.2. The molecule has 1 heterocycles. The molecule has 2 atom stereocenters. The highest BCUT2D eigenvalue weighted by Crippen LogP contribution is 2.36. The summed E-state index contributed by atoms with van der Waals surface area (Å²) in [5.41, 5.74) is 2.96. The minimum absolute atomic E-state index is 0.0911. The van der Waals surface area contributed by atoms with Crippen LogP contribution in [0.15, 0.2) is 53.4 Å². The fourth-order valence-corrected chi connectivity index (χ4v) is 4.09. The van der Waals surface area contributed by atoms with E-state index in [0.29, 0.717) is 0 Å². The molecule has 6 nitrogen and oxygen atoms in total. The first-order chi connectivity index (χ1) is 14.0. The molecule has 152 valence electrons. The Morgan fingerprint density at radius 1 is 1.17 bits per heavy atom. The Bertz CT molecular complexity index is 898. The van der Waals surface area contributed by atoms with Gasteiger partial charge in [-0.25, -0.2) is 0 Å². The van der Waals surface area contributed by atoms with Gasteiger partial charge in [-0.05, 0) is 36.6 Å². The van der Waals surface area contributed by atoms with E-state index in [9.17, 15) is 14.4 Å². The lowest BCUT2D eigenvalue weighted by molar-refractivity contribution is -0.149. The van der Waals surface area contributed by atoms with Crippen molar-refractivity contribution in [2.75, 3.05) is 11.9 Å². The summed E-state index contributed by atoms with van der Waals surface area (Å²) >= 11 is 1.33. The minimum Gasteiger partial charge on any atom is -0.456 e. The Labute approximate surface area is 174 Å². The first kappa shape index (κ1) is 20.9. The summed E-state index contributed by atoms with van der Waals surface area (Å²) in [6.45, 7) is 3.59. The predicted octanol–water partition coefficient (Wildman–Crippen LogP) is 3.47. The number of rotatable bonds is 7. The van der Waals surface area contributed by atoms with E-state index in [1.165, 1.54) is 17.3 Å². The van der Waals surface area contributed by atoms with E-state index in [4.69, 9.17) is 4.74 Å². The molecular formula is C22H24N2O4S. The maximum atomic E-state index is 12.2. The van der Waals surface area contributed by atoms with Gasteiger partial charge in [-0.3, -0.25) is 14.4 Å². The fourth-order valence-electron chi connectivity index (χ4n) is 2.99. The van der Waals surface area contributed by atoms with Crippen LogP contribution in [-0.2, 0) is 25.5 Å². The molecule has 29 heavy (non-hydrogen) atoms. The van der Waals surface area contributed by atoms with E-state index in [2.05, 4.69) is 17.6 Å². The molecule has 7 heteroatoms. The molecule has 2 amide bonds. The molecule has 2 N–H and O–H groups in total. The molecule has 0 saturated carbocycles.